The van der Waals surface area contributed by atoms with Crippen LogP contribution < -0.4 is 10.0 Å². The van der Waals surface area contributed by atoms with Crippen LogP contribution in [0.2, 0.25) is 0 Å². The summed E-state index contributed by atoms with van der Waals surface area (Å²) in [7, 11) is -3.53. The van der Waals surface area contributed by atoms with E-state index >= 15 is 0 Å². The third kappa shape index (κ3) is 7.14. The molecular formula is C26H33N3O5S. The van der Waals surface area contributed by atoms with Crippen molar-refractivity contribution in [1.82, 2.24) is 4.72 Å². The Balaban J connectivity index is 1.36. The average molecular weight is 500 g/mol. The lowest BCUT2D eigenvalue weighted by Crippen LogP contribution is -2.30. The highest BCUT2D eigenvalue weighted by atomic mass is 32.2. The largest absolute Gasteiger partial charge is 0.453 e. The molecule has 2 aromatic carbocycles. The molecule has 1 amide bonds. The van der Waals surface area contributed by atoms with Crippen LogP contribution in [-0.4, -0.2) is 38.8 Å². The fourth-order valence-corrected chi connectivity index (χ4v) is 4.86. The van der Waals surface area contributed by atoms with E-state index in [0.717, 1.165) is 12.0 Å². The molecule has 188 valence electrons. The molecule has 0 aromatic heterocycles. The molecule has 8 nitrogen and oxygen atoms in total. The molecule has 9 heteroatoms. The summed E-state index contributed by atoms with van der Waals surface area (Å²) in [5.74, 6) is -0.454. The fraction of sp³-hybridized carbons (Fsp3) is 0.423. The van der Waals surface area contributed by atoms with Crippen molar-refractivity contribution in [1.29, 1.82) is 0 Å². The number of anilines is 1. The Morgan fingerprint density at radius 2 is 1.71 bits per heavy atom. The Bertz CT molecular complexity index is 1200. The van der Waals surface area contributed by atoms with Crippen molar-refractivity contribution in [3.8, 4) is 0 Å². The number of nitrogens with one attached hydrogen (secondary N) is 2. The molecule has 1 aliphatic heterocycles. The van der Waals surface area contributed by atoms with Crippen molar-refractivity contribution in [2.24, 2.45) is 4.99 Å². The van der Waals surface area contributed by atoms with Gasteiger partial charge in [0.1, 0.15) is 5.84 Å². The highest BCUT2D eigenvalue weighted by molar-refractivity contribution is 7.90. The highest BCUT2D eigenvalue weighted by Crippen LogP contribution is 2.24. The van der Waals surface area contributed by atoms with Gasteiger partial charge in [-0.1, -0.05) is 51.5 Å². The van der Waals surface area contributed by atoms with E-state index in [1.165, 1.54) is 0 Å². The van der Waals surface area contributed by atoms with Crippen molar-refractivity contribution < 1.29 is 22.7 Å². The molecule has 1 aliphatic rings. The molecule has 0 radical (unpaired) electrons. The van der Waals surface area contributed by atoms with E-state index in [9.17, 15) is 18.0 Å². The van der Waals surface area contributed by atoms with Crippen molar-refractivity contribution in [3.05, 3.63) is 59.7 Å². The number of fused-ring (bicyclic) bond motifs is 1. The van der Waals surface area contributed by atoms with E-state index in [0.29, 0.717) is 36.5 Å². The van der Waals surface area contributed by atoms with Gasteiger partial charge in [-0.3, -0.25) is 19.3 Å². The number of ether oxygens (including phenoxy) is 1. The maximum absolute atomic E-state index is 12.4. The fourth-order valence-electron chi connectivity index (χ4n) is 3.61. The van der Waals surface area contributed by atoms with Crippen molar-refractivity contribution in [2.75, 3.05) is 11.9 Å². The van der Waals surface area contributed by atoms with Gasteiger partial charge >= 0.3 is 5.97 Å². The first-order valence-electron chi connectivity index (χ1n) is 11.7. The topological polar surface area (TPSA) is 114 Å². The summed E-state index contributed by atoms with van der Waals surface area (Å²) in [4.78, 5) is 29.1. The van der Waals surface area contributed by atoms with Crippen LogP contribution in [-0.2, 0) is 29.8 Å². The maximum atomic E-state index is 12.4. The first-order valence-corrected chi connectivity index (χ1v) is 13.2. The molecule has 0 saturated heterocycles. The van der Waals surface area contributed by atoms with Gasteiger partial charge in [0.05, 0.1) is 4.90 Å². The molecule has 35 heavy (non-hydrogen) atoms. The van der Waals surface area contributed by atoms with Crippen LogP contribution in [0.3, 0.4) is 0 Å². The summed E-state index contributed by atoms with van der Waals surface area (Å²) < 4.78 is 31.9. The summed E-state index contributed by atoms with van der Waals surface area (Å²) in [5.41, 5.74) is 2.42. The predicted octanol–water partition coefficient (Wildman–Crippen LogP) is 4.15. The van der Waals surface area contributed by atoms with Crippen LogP contribution in [0.1, 0.15) is 64.5 Å². The number of amidine groups is 1. The van der Waals surface area contributed by atoms with E-state index in [1.54, 1.807) is 31.2 Å². The first-order chi connectivity index (χ1) is 16.5. The molecule has 0 aliphatic carbocycles. The van der Waals surface area contributed by atoms with Gasteiger partial charge in [0.2, 0.25) is 0 Å². The Morgan fingerprint density at radius 3 is 2.40 bits per heavy atom. The lowest BCUT2D eigenvalue weighted by atomic mass is 9.87. The number of carbonyl (C=O) groups is 2. The lowest BCUT2D eigenvalue weighted by molar-refractivity contribution is -0.153. The maximum Gasteiger partial charge on any atom is 0.306 e. The van der Waals surface area contributed by atoms with Crippen LogP contribution >= 0.6 is 0 Å². The number of hydrogen-bond donors (Lipinski definition) is 2. The minimum atomic E-state index is -3.53. The zero-order valence-electron chi connectivity index (χ0n) is 20.6. The zero-order valence-corrected chi connectivity index (χ0v) is 21.4. The second kappa shape index (κ2) is 11.0. The van der Waals surface area contributed by atoms with Crippen LogP contribution in [0, 0.1) is 0 Å². The smallest absolute Gasteiger partial charge is 0.306 e. The van der Waals surface area contributed by atoms with Crippen molar-refractivity contribution in [3.63, 3.8) is 0 Å². The summed E-state index contributed by atoms with van der Waals surface area (Å²) in [6.07, 6.45) is 1.31. The first kappa shape index (κ1) is 26.4. The normalized spacial score (nSPS) is 16.3. The number of aliphatic imine (C=N–C) groups is 1. The van der Waals surface area contributed by atoms with Crippen molar-refractivity contribution >= 4 is 33.4 Å². The molecule has 1 unspecified atom stereocenters. The summed E-state index contributed by atoms with van der Waals surface area (Å²) in [5, 5.41) is 2.77. The Kier molecular flexibility index (Phi) is 8.32. The van der Waals surface area contributed by atoms with Crippen LogP contribution in [0.4, 0.5) is 5.69 Å². The quantitative estimate of drug-likeness (QED) is 0.397. The highest BCUT2D eigenvalue weighted by Gasteiger charge is 2.29. The summed E-state index contributed by atoms with van der Waals surface area (Å²) in [6.45, 7) is 8.35. The Morgan fingerprint density at radius 1 is 1.03 bits per heavy atom. The number of hydrogen-bond acceptors (Lipinski definition) is 6. The number of esters is 1. The van der Waals surface area contributed by atoms with Gasteiger partial charge in [0.15, 0.2) is 6.10 Å². The summed E-state index contributed by atoms with van der Waals surface area (Å²) >= 11 is 0. The molecule has 1 heterocycles. The molecule has 0 saturated carbocycles. The number of carbonyl (C=O) groups excluding carboxylic acids is 2. The van der Waals surface area contributed by atoms with Crippen molar-refractivity contribution in [2.45, 2.75) is 69.8 Å². The standard InChI is InChI=1S/C26H33N3O5S/c1-18(25(31)28-20-15-13-19(14-16-20)26(2,3)4)34-23(30)12-6-5-9-17-27-24-21-10-7-8-11-22(21)35(32,33)29-24/h7-8,10-11,13-16,18H,5-6,9,12,17H2,1-4H3,(H,27,29)(H,28,31). The van der Waals surface area contributed by atoms with Gasteiger partial charge in [0, 0.05) is 24.2 Å². The lowest BCUT2D eigenvalue weighted by Gasteiger charge is -2.19. The Hall–Kier alpha value is -3.20. The van der Waals surface area contributed by atoms with E-state index < -0.39 is 22.1 Å². The molecule has 2 N–H and O–H groups in total. The van der Waals surface area contributed by atoms with Gasteiger partial charge in [-0.05, 0) is 55.0 Å². The molecule has 0 spiro atoms. The SMILES string of the molecule is CC(OC(=O)CCCCCN=C1NS(=O)(=O)c2ccccc21)C(=O)Nc1ccc(C(C)(C)C)cc1. The number of unbranched alkanes of at least 4 members (excludes halogenated alkanes) is 2. The second-order valence-corrected chi connectivity index (χ2v) is 11.2. The predicted molar refractivity (Wildman–Crippen MR) is 136 cm³/mol. The van der Waals surface area contributed by atoms with E-state index in [1.807, 2.05) is 24.3 Å². The number of amides is 1. The molecule has 2 aromatic rings. The number of benzene rings is 2. The molecule has 0 fully saturated rings. The molecular weight excluding hydrogens is 466 g/mol. The summed E-state index contributed by atoms with van der Waals surface area (Å²) in [6, 6.07) is 14.3. The van der Waals surface area contributed by atoms with Crippen LogP contribution in [0.15, 0.2) is 58.4 Å². The van der Waals surface area contributed by atoms with E-state index in [2.05, 4.69) is 35.8 Å². The Labute approximate surface area is 207 Å². The monoisotopic (exact) mass is 499 g/mol. The average Bonchev–Trinajstić information content (AvgIpc) is 3.06. The minimum absolute atomic E-state index is 0.0256. The van der Waals surface area contributed by atoms with Gasteiger partial charge in [0.25, 0.3) is 15.9 Å². The van der Waals surface area contributed by atoms with Gasteiger partial charge in [-0.15, -0.1) is 0 Å². The third-order valence-corrected chi connectivity index (χ3v) is 7.06. The number of rotatable bonds is 9. The molecule has 3 rings (SSSR count). The third-order valence-electron chi connectivity index (χ3n) is 5.67. The van der Waals surface area contributed by atoms with Gasteiger partial charge in [-0.25, -0.2) is 8.42 Å². The van der Waals surface area contributed by atoms with E-state index in [4.69, 9.17) is 4.74 Å². The van der Waals surface area contributed by atoms with Crippen LogP contribution in [0.5, 0.6) is 0 Å². The van der Waals surface area contributed by atoms with Gasteiger partial charge < -0.3 is 10.1 Å². The zero-order chi connectivity index (χ0) is 25.6. The van der Waals surface area contributed by atoms with Gasteiger partial charge in [-0.2, -0.15) is 0 Å². The molecule has 0 bridgehead atoms. The second-order valence-electron chi connectivity index (χ2n) is 9.59. The number of nitrogens with zero attached hydrogens (tertiary/aromatic N) is 1. The minimum Gasteiger partial charge on any atom is -0.453 e. The number of sulfonamides is 1. The van der Waals surface area contributed by atoms with Crippen LogP contribution in [0.25, 0.3) is 0 Å². The molecule has 1 atom stereocenters. The van der Waals surface area contributed by atoms with E-state index in [-0.39, 0.29) is 22.6 Å².